The maximum atomic E-state index is 13.0. The maximum Gasteiger partial charge on any atom is 0.328 e. The lowest BCUT2D eigenvalue weighted by molar-refractivity contribution is -0.142. The van der Waals surface area contributed by atoms with E-state index in [2.05, 4.69) is 26.0 Å². The third-order valence-electron chi connectivity index (χ3n) is 2.38. The molecule has 1 rings (SSSR count). The average Bonchev–Trinajstić information content (AvgIpc) is 2.37. The number of carbonyl (C=O) groups excluding carboxylic acids is 2. The normalized spacial score (nSPS) is 11.8. The van der Waals surface area contributed by atoms with E-state index in [-0.39, 0.29) is 10.0 Å². The van der Waals surface area contributed by atoms with Crippen molar-refractivity contribution >= 4 is 27.8 Å². The van der Waals surface area contributed by atoms with E-state index < -0.39 is 23.7 Å². The molecule has 0 aliphatic carbocycles. The molecular weight excluding hydrogens is 305 g/mol. The number of carbonyl (C=O) groups is 2. The van der Waals surface area contributed by atoms with E-state index >= 15 is 0 Å². The molecule has 1 aromatic rings. The van der Waals surface area contributed by atoms with Crippen LogP contribution in [0, 0.1) is 5.82 Å². The zero-order valence-electron chi connectivity index (χ0n) is 10.00. The van der Waals surface area contributed by atoms with Crippen LogP contribution < -0.4 is 5.32 Å². The van der Waals surface area contributed by atoms with E-state index in [0.717, 1.165) is 0 Å². The first-order valence-corrected chi connectivity index (χ1v) is 6.12. The van der Waals surface area contributed by atoms with Crippen LogP contribution in [-0.4, -0.2) is 25.0 Å². The summed E-state index contributed by atoms with van der Waals surface area (Å²) >= 11 is 2.99. The van der Waals surface area contributed by atoms with Crippen molar-refractivity contribution in [1.29, 1.82) is 0 Å². The van der Waals surface area contributed by atoms with Crippen molar-refractivity contribution in [2.24, 2.45) is 0 Å². The number of amides is 1. The number of halogens is 2. The number of ether oxygens (including phenoxy) is 1. The molecule has 18 heavy (non-hydrogen) atoms. The molecule has 0 radical (unpaired) electrons. The van der Waals surface area contributed by atoms with Crippen molar-refractivity contribution in [3.8, 4) is 0 Å². The summed E-state index contributed by atoms with van der Waals surface area (Å²) in [4.78, 5) is 23.2. The molecule has 0 bridgehead atoms. The van der Waals surface area contributed by atoms with Crippen molar-refractivity contribution < 1.29 is 18.7 Å². The third kappa shape index (κ3) is 3.53. The molecule has 1 N–H and O–H groups in total. The van der Waals surface area contributed by atoms with Gasteiger partial charge in [0, 0.05) is 5.56 Å². The Balaban J connectivity index is 2.81. The molecular formula is C12H13BrFNO3. The summed E-state index contributed by atoms with van der Waals surface area (Å²) < 4.78 is 17.8. The molecule has 0 aliphatic rings. The number of hydrogen-bond donors (Lipinski definition) is 1. The molecule has 4 nitrogen and oxygen atoms in total. The molecule has 6 heteroatoms. The summed E-state index contributed by atoms with van der Waals surface area (Å²) in [6, 6.07) is 3.18. The highest BCUT2D eigenvalue weighted by Gasteiger charge is 2.20. The van der Waals surface area contributed by atoms with Gasteiger partial charge in [0.15, 0.2) is 0 Å². The predicted molar refractivity (Wildman–Crippen MR) is 67.7 cm³/mol. The second-order valence-electron chi connectivity index (χ2n) is 3.59. The molecule has 1 aromatic carbocycles. The zero-order valence-corrected chi connectivity index (χ0v) is 11.6. The highest BCUT2D eigenvalue weighted by atomic mass is 79.9. The number of methoxy groups -OCH3 is 1. The summed E-state index contributed by atoms with van der Waals surface area (Å²) in [5.74, 6) is -1.41. The van der Waals surface area contributed by atoms with Gasteiger partial charge in [-0.15, -0.1) is 0 Å². The highest BCUT2D eigenvalue weighted by Crippen LogP contribution is 2.16. The summed E-state index contributed by atoms with van der Waals surface area (Å²) in [6.45, 7) is 1.75. The van der Waals surface area contributed by atoms with Crippen molar-refractivity contribution in [2.45, 2.75) is 19.4 Å². The minimum absolute atomic E-state index is 0.196. The van der Waals surface area contributed by atoms with Crippen LogP contribution >= 0.6 is 15.9 Å². The minimum atomic E-state index is -0.702. The van der Waals surface area contributed by atoms with Crippen molar-refractivity contribution in [1.82, 2.24) is 5.32 Å². The Bertz CT molecular complexity index is 465. The smallest absolute Gasteiger partial charge is 0.328 e. The van der Waals surface area contributed by atoms with Gasteiger partial charge in [-0.25, -0.2) is 9.18 Å². The Morgan fingerprint density at radius 2 is 2.17 bits per heavy atom. The molecule has 0 heterocycles. The number of benzene rings is 1. The number of hydrogen-bond acceptors (Lipinski definition) is 3. The van der Waals surface area contributed by atoms with Gasteiger partial charge >= 0.3 is 5.97 Å². The first-order valence-electron chi connectivity index (χ1n) is 5.33. The standard InChI is InChI=1S/C12H13BrFNO3/c1-3-10(12(17)18-2)15-11(16)7-4-5-9(14)8(13)6-7/h4-6,10H,3H2,1-2H3,(H,15,16)/t10-/m0/s1. The predicted octanol–water partition coefficient (Wildman–Crippen LogP) is 2.27. The SMILES string of the molecule is CC[C@H](NC(=O)c1ccc(F)c(Br)c1)C(=O)OC. The first kappa shape index (κ1) is 14.6. The van der Waals surface area contributed by atoms with Crippen molar-refractivity contribution in [2.75, 3.05) is 7.11 Å². The monoisotopic (exact) mass is 317 g/mol. The molecule has 0 spiro atoms. The van der Waals surface area contributed by atoms with Gasteiger partial charge in [0.2, 0.25) is 0 Å². The van der Waals surface area contributed by atoms with E-state index in [9.17, 15) is 14.0 Å². The van der Waals surface area contributed by atoms with Crippen LogP contribution in [0.15, 0.2) is 22.7 Å². The van der Waals surface area contributed by atoms with E-state index in [1.54, 1.807) is 6.92 Å². The fourth-order valence-electron chi connectivity index (χ4n) is 1.35. The van der Waals surface area contributed by atoms with Crippen LogP contribution in [0.1, 0.15) is 23.7 Å². The van der Waals surface area contributed by atoms with Crippen molar-refractivity contribution in [3.05, 3.63) is 34.1 Å². The number of esters is 1. The second kappa shape index (κ2) is 6.49. The summed E-state index contributed by atoms with van der Waals surface area (Å²) in [7, 11) is 1.26. The summed E-state index contributed by atoms with van der Waals surface area (Å²) in [5.41, 5.74) is 0.269. The fourth-order valence-corrected chi connectivity index (χ4v) is 1.73. The molecule has 1 atom stereocenters. The van der Waals surface area contributed by atoms with E-state index in [1.807, 2.05) is 0 Å². The Kier molecular flexibility index (Phi) is 5.27. The molecule has 0 unspecified atom stereocenters. The molecule has 0 aliphatic heterocycles. The molecule has 0 aromatic heterocycles. The molecule has 0 saturated carbocycles. The Hall–Kier alpha value is -1.43. The summed E-state index contributed by atoms with van der Waals surface area (Å²) in [6.07, 6.45) is 0.417. The lowest BCUT2D eigenvalue weighted by atomic mass is 10.1. The van der Waals surface area contributed by atoms with Gasteiger partial charge in [-0.05, 0) is 40.5 Å². The lowest BCUT2D eigenvalue weighted by Crippen LogP contribution is -2.41. The van der Waals surface area contributed by atoms with Crippen molar-refractivity contribution in [3.63, 3.8) is 0 Å². The maximum absolute atomic E-state index is 13.0. The number of nitrogens with one attached hydrogen (secondary N) is 1. The van der Waals surface area contributed by atoms with Crippen LogP contribution in [0.5, 0.6) is 0 Å². The zero-order chi connectivity index (χ0) is 13.7. The lowest BCUT2D eigenvalue weighted by Gasteiger charge is -2.14. The van der Waals surface area contributed by atoms with Crippen LogP contribution in [0.3, 0.4) is 0 Å². The van der Waals surface area contributed by atoms with Crippen LogP contribution in [0.25, 0.3) is 0 Å². The first-order chi connectivity index (χ1) is 8.49. The fraction of sp³-hybridized carbons (Fsp3) is 0.333. The quantitative estimate of drug-likeness (QED) is 0.867. The Morgan fingerprint density at radius 1 is 1.50 bits per heavy atom. The Morgan fingerprint density at radius 3 is 2.67 bits per heavy atom. The van der Waals surface area contributed by atoms with Gasteiger partial charge in [-0.2, -0.15) is 0 Å². The topological polar surface area (TPSA) is 55.4 Å². The molecule has 1 amide bonds. The van der Waals surface area contributed by atoms with Gasteiger partial charge in [0.1, 0.15) is 11.9 Å². The summed E-state index contributed by atoms with van der Waals surface area (Å²) in [5, 5.41) is 2.52. The average molecular weight is 318 g/mol. The van der Waals surface area contributed by atoms with Crippen LogP contribution in [0.4, 0.5) is 4.39 Å². The molecule has 0 saturated heterocycles. The van der Waals surface area contributed by atoms with Crippen LogP contribution in [0.2, 0.25) is 0 Å². The number of rotatable bonds is 4. The molecule has 98 valence electrons. The van der Waals surface area contributed by atoms with Gasteiger partial charge in [-0.3, -0.25) is 4.79 Å². The van der Waals surface area contributed by atoms with E-state index in [4.69, 9.17) is 0 Å². The third-order valence-corrected chi connectivity index (χ3v) is 2.99. The van der Waals surface area contributed by atoms with Gasteiger partial charge < -0.3 is 10.1 Å². The van der Waals surface area contributed by atoms with E-state index in [0.29, 0.717) is 6.42 Å². The molecule has 0 fully saturated rings. The van der Waals surface area contributed by atoms with E-state index in [1.165, 1.54) is 25.3 Å². The minimum Gasteiger partial charge on any atom is -0.467 e. The largest absolute Gasteiger partial charge is 0.467 e. The van der Waals surface area contributed by atoms with Gasteiger partial charge in [0.05, 0.1) is 11.6 Å². The van der Waals surface area contributed by atoms with Gasteiger partial charge in [0.25, 0.3) is 5.91 Å². The highest BCUT2D eigenvalue weighted by molar-refractivity contribution is 9.10. The Labute approximate surface area is 113 Å². The van der Waals surface area contributed by atoms with Gasteiger partial charge in [-0.1, -0.05) is 6.92 Å². The second-order valence-corrected chi connectivity index (χ2v) is 4.44. The van der Waals surface area contributed by atoms with Crippen LogP contribution in [-0.2, 0) is 9.53 Å².